The number of allylic oxidation sites excluding steroid dienone is 1. The van der Waals surface area contributed by atoms with Gasteiger partial charge in [0.2, 0.25) is 4.80 Å². The molecule has 1 aromatic heterocycles. The number of benzene rings is 2. The van der Waals surface area contributed by atoms with Crippen molar-refractivity contribution in [3.63, 3.8) is 0 Å². The molecular weight excluding hydrogens is 352 g/mol. The summed E-state index contributed by atoms with van der Waals surface area (Å²) in [5.74, 6) is 0. The average molecular weight is 373 g/mol. The fraction of sp³-hybridized carbons (Fsp3) is 0.211. The van der Waals surface area contributed by atoms with Crippen molar-refractivity contribution in [1.29, 1.82) is 0 Å². The maximum absolute atomic E-state index is 12.7. The number of aromatic nitrogens is 1. The third kappa shape index (κ3) is 3.45. The van der Waals surface area contributed by atoms with E-state index in [1.54, 1.807) is 30.3 Å². The molecule has 0 unspecified atom stereocenters. The van der Waals surface area contributed by atoms with Crippen LogP contribution in [0.2, 0.25) is 0 Å². The number of rotatable bonds is 4. The van der Waals surface area contributed by atoms with Crippen LogP contribution in [-0.4, -0.2) is 13.0 Å². The molecule has 1 heterocycles. The number of hydrogen-bond acceptors (Lipinski definition) is 3. The summed E-state index contributed by atoms with van der Waals surface area (Å²) in [7, 11) is -3.76. The molecule has 4 nitrogen and oxygen atoms in total. The Hall–Kier alpha value is -2.18. The van der Waals surface area contributed by atoms with Crippen LogP contribution in [0.4, 0.5) is 0 Å². The van der Waals surface area contributed by atoms with Crippen molar-refractivity contribution in [2.24, 2.45) is 4.40 Å². The molecule has 0 bridgehead atoms. The highest BCUT2D eigenvalue weighted by atomic mass is 32.2. The van der Waals surface area contributed by atoms with E-state index in [0.717, 1.165) is 21.3 Å². The Kier molecular flexibility index (Phi) is 4.67. The molecule has 130 valence electrons. The normalized spacial score (nSPS) is 12.7. The molecule has 0 aliphatic heterocycles. The van der Waals surface area contributed by atoms with Crippen molar-refractivity contribution < 1.29 is 8.42 Å². The van der Waals surface area contributed by atoms with Gasteiger partial charge in [0.1, 0.15) is 0 Å². The number of aryl methyl sites for hydroxylation is 3. The first-order valence-corrected chi connectivity index (χ1v) is 10.2. The van der Waals surface area contributed by atoms with E-state index in [-0.39, 0.29) is 4.90 Å². The molecule has 0 amide bonds. The van der Waals surface area contributed by atoms with Gasteiger partial charge in [-0.1, -0.05) is 35.1 Å². The molecule has 0 aliphatic rings. The quantitative estimate of drug-likeness (QED) is 0.647. The summed E-state index contributed by atoms with van der Waals surface area (Å²) in [5, 5.41) is 0. The lowest BCUT2D eigenvalue weighted by Gasteiger charge is -2.04. The minimum absolute atomic E-state index is 0.202. The van der Waals surface area contributed by atoms with Crippen molar-refractivity contribution >= 4 is 31.6 Å². The molecule has 2 aromatic carbocycles. The van der Waals surface area contributed by atoms with Crippen LogP contribution in [0, 0.1) is 20.8 Å². The van der Waals surface area contributed by atoms with Crippen molar-refractivity contribution in [3.8, 4) is 0 Å². The lowest BCUT2D eigenvalue weighted by molar-refractivity contribution is 0.596. The molecule has 3 aromatic rings. The van der Waals surface area contributed by atoms with Crippen molar-refractivity contribution in [2.45, 2.75) is 32.2 Å². The van der Waals surface area contributed by atoms with Crippen LogP contribution in [0.5, 0.6) is 0 Å². The number of fused-ring (bicyclic) bond motifs is 1. The van der Waals surface area contributed by atoms with Crippen LogP contribution < -0.4 is 4.80 Å². The highest BCUT2D eigenvalue weighted by molar-refractivity contribution is 7.90. The molecule has 0 atom stereocenters. The van der Waals surface area contributed by atoms with Gasteiger partial charge < -0.3 is 4.57 Å². The molecule has 0 aliphatic carbocycles. The lowest BCUT2D eigenvalue weighted by Crippen LogP contribution is -2.16. The summed E-state index contributed by atoms with van der Waals surface area (Å²) < 4.78 is 32.4. The zero-order valence-corrected chi connectivity index (χ0v) is 16.1. The van der Waals surface area contributed by atoms with Crippen LogP contribution in [0.25, 0.3) is 10.2 Å². The van der Waals surface area contributed by atoms with Gasteiger partial charge in [0, 0.05) is 6.54 Å². The first-order valence-electron chi connectivity index (χ1n) is 7.91. The van der Waals surface area contributed by atoms with Gasteiger partial charge in [0.25, 0.3) is 10.0 Å². The van der Waals surface area contributed by atoms with Crippen LogP contribution in [0.1, 0.15) is 16.7 Å². The van der Waals surface area contributed by atoms with Crippen molar-refractivity contribution in [1.82, 2.24) is 4.57 Å². The van der Waals surface area contributed by atoms with E-state index < -0.39 is 10.0 Å². The topological polar surface area (TPSA) is 51.4 Å². The van der Waals surface area contributed by atoms with Crippen molar-refractivity contribution in [3.05, 3.63) is 70.5 Å². The molecule has 0 spiro atoms. The molecule has 0 fully saturated rings. The van der Waals surface area contributed by atoms with E-state index in [1.165, 1.54) is 16.9 Å². The monoisotopic (exact) mass is 372 g/mol. The van der Waals surface area contributed by atoms with Gasteiger partial charge in [-0.15, -0.1) is 11.0 Å². The Morgan fingerprint density at radius 2 is 1.76 bits per heavy atom. The summed E-state index contributed by atoms with van der Waals surface area (Å²) in [4.78, 5) is 0.661. The van der Waals surface area contributed by atoms with Crippen LogP contribution in [0.3, 0.4) is 0 Å². The predicted octanol–water partition coefficient (Wildman–Crippen LogP) is 4.10. The van der Waals surface area contributed by atoms with Gasteiger partial charge >= 0.3 is 0 Å². The fourth-order valence-electron chi connectivity index (χ4n) is 2.56. The van der Waals surface area contributed by atoms with Gasteiger partial charge in [0.05, 0.1) is 15.1 Å². The molecule has 6 heteroatoms. The summed E-state index contributed by atoms with van der Waals surface area (Å²) in [6.07, 6.45) is 1.75. The standard InChI is InChI=1S/C19H20N2O2S2/c1-5-10-21-17-11-14(3)15(4)12-18(17)24-19(21)20-25(22,23)16-8-6-13(2)7-9-16/h5-9,11-12H,1,10H2,2-4H3. The third-order valence-corrected chi connectivity index (χ3v) is 6.56. The van der Waals surface area contributed by atoms with E-state index in [2.05, 4.69) is 23.1 Å². The van der Waals surface area contributed by atoms with E-state index in [0.29, 0.717) is 11.3 Å². The zero-order chi connectivity index (χ0) is 18.2. The Balaban J connectivity index is 2.26. The van der Waals surface area contributed by atoms with Crippen molar-refractivity contribution in [2.75, 3.05) is 0 Å². The number of hydrogen-bond donors (Lipinski definition) is 0. The van der Waals surface area contributed by atoms with Gasteiger partial charge in [-0.25, -0.2) is 0 Å². The molecule has 25 heavy (non-hydrogen) atoms. The van der Waals surface area contributed by atoms with E-state index >= 15 is 0 Å². The van der Waals surface area contributed by atoms with Crippen LogP contribution in [0.15, 0.2) is 58.3 Å². The number of thiazole rings is 1. The van der Waals surface area contributed by atoms with Crippen LogP contribution >= 0.6 is 11.3 Å². The molecule has 3 rings (SSSR count). The van der Waals surface area contributed by atoms with Gasteiger partial charge in [-0.2, -0.15) is 8.42 Å². The second-order valence-corrected chi connectivity index (χ2v) is 8.68. The van der Waals surface area contributed by atoms with E-state index in [4.69, 9.17) is 0 Å². The maximum atomic E-state index is 12.7. The molecule has 0 N–H and O–H groups in total. The first-order chi connectivity index (χ1) is 11.8. The first kappa shape index (κ1) is 17.6. The zero-order valence-electron chi connectivity index (χ0n) is 14.5. The summed E-state index contributed by atoms with van der Waals surface area (Å²) in [6.45, 7) is 10.3. The molecule has 0 radical (unpaired) electrons. The SMILES string of the molecule is C=CCn1c(=NS(=O)(=O)c2ccc(C)cc2)sc2cc(C)c(C)cc21. The summed E-state index contributed by atoms with van der Waals surface area (Å²) in [6, 6.07) is 10.9. The summed E-state index contributed by atoms with van der Waals surface area (Å²) >= 11 is 1.38. The second-order valence-electron chi connectivity index (χ2n) is 6.07. The average Bonchev–Trinajstić information content (AvgIpc) is 2.85. The molecule has 0 saturated heterocycles. The molecule has 0 saturated carbocycles. The minimum Gasteiger partial charge on any atom is -0.312 e. The molecular formula is C19H20N2O2S2. The van der Waals surface area contributed by atoms with E-state index in [9.17, 15) is 8.42 Å². The van der Waals surface area contributed by atoms with E-state index in [1.807, 2.05) is 25.3 Å². The lowest BCUT2D eigenvalue weighted by atomic mass is 10.1. The smallest absolute Gasteiger partial charge is 0.285 e. The highest BCUT2D eigenvalue weighted by Crippen LogP contribution is 2.22. The Labute approximate surface area is 151 Å². The number of nitrogens with zero attached hydrogens (tertiary/aromatic N) is 2. The summed E-state index contributed by atoms with van der Waals surface area (Å²) in [5.41, 5.74) is 4.32. The minimum atomic E-state index is -3.76. The largest absolute Gasteiger partial charge is 0.312 e. The number of sulfonamides is 1. The third-order valence-electron chi connectivity index (χ3n) is 4.13. The van der Waals surface area contributed by atoms with Gasteiger partial charge in [-0.05, 0) is 56.2 Å². The van der Waals surface area contributed by atoms with Gasteiger partial charge in [-0.3, -0.25) is 0 Å². The Bertz CT molecular complexity index is 1120. The highest BCUT2D eigenvalue weighted by Gasteiger charge is 2.15. The predicted molar refractivity (Wildman–Crippen MR) is 103 cm³/mol. The Morgan fingerprint density at radius 3 is 2.40 bits per heavy atom. The van der Waals surface area contributed by atoms with Gasteiger partial charge in [0.15, 0.2) is 0 Å². The Morgan fingerprint density at radius 1 is 1.12 bits per heavy atom. The second kappa shape index (κ2) is 6.61. The maximum Gasteiger partial charge on any atom is 0.285 e. The van der Waals surface area contributed by atoms with Crippen LogP contribution in [-0.2, 0) is 16.6 Å². The fourth-order valence-corrected chi connectivity index (χ4v) is 4.89.